The molecule has 2 rings (SSSR count). The molecule has 1 N–H and O–H groups in total. The molecule has 3 heteroatoms. The Morgan fingerprint density at radius 1 is 1.05 bits per heavy atom. The molecule has 2 atom stereocenters. The number of methoxy groups -OCH3 is 1. The van der Waals surface area contributed by atoms with Gasteiger partial charge in [0.1, 0.15) is 5.75 Å². The first-order valence-corrected chi connectivity index (χ1v) is 7.62. The number of para-hydroxylation sites is 1. The molecule has 0 aliphatic carbocycles. The van der Waals surface area contributed by atoms with Gasteiger partial charge < -0.3 is 10.1 Å². The van der Waals surface area contributed by atoms with Crippen molar-refractivity contribution in [2.24, 2.45) is 0 Å². The Hall–Kier alpha value is -1.51. The first-order chi connectivity index (χ1) is 10.1. The van der Waals surface area contributed by atoms with Crippen LogP contribution in [0.15, 0.2) is 48.5 Å². The van der Waals surface area contributed by atoms with E-state index in [4.69, 9.17) is 16.3 Å². The molecule has 0 fully saturated rings. The topological polar surface area (TPSA) is 21.3 Å². The predicted octanol–water partition coefficient (Wildman–Crippen LogP) is 4.63. The minimum absolute atomic E-state index is 0.211. The second kappa shape index (κ2) is 7.48. The zero-order valence-electron chi connectivity index (χ0n) is 12.8. The van der Waals surface area contributed by atoms with Crippen LogP contribution in [0.1, 0.15) is 31.0 Å². The zero-order valence-corrected chi connectivity index (χ0v) is 13.5. The van der Waals surface area contributed by atoms with Gasteiger partial charge in [-0.05, 0) is 43.5 Å². The average Bonchev–Trinajstić information content (AvgIpc) is 2.48. The van der Waals surface area contributed by atoms with E-state index in [9.17, 15) is 0 Å². The molecule has 2 nitrogen and oxygen atoms in total. The lowest BCUT2D eigenvalue weighted by molar-refractivity contribution is 0.403. The number of halogens is 1. The van der Waals surface area contributed by atoms with Crippen molar-refractivity contribution in [2.45, 2.75) is 32.4 Å². The SMILES string of the molecule is COc1ccccc1CC(C)N[C@@H](C)c1ccccc1Cl. The van der Waals surface area contributed by atoms with Gasteiger partial charge in [0.15, 0.2) is 0 Å². The summed E-state index contributed by atoms with van der Waals surface area (Å²) in [6, 6.07) is 16.7. The molecule has 0 aromatic heterocycles. The van der Waals surface area contributed by atoms with E-state index in [1.54, 1.807) is 7.11 Å². The van der Waals surface area contributed by atoms with E-state index < -0.39 is 0 Å². The highest BCUT2D eigenvalue weighted by atomic mass is 35.5. The number of nitrogens with one attached hydrogen (secondary N) is 1. The minimum atomic E-state index is 0.211. The number of rotatable bonds is 6. The molecule has 0 aliphatic rings. The van der Waals surface area contributed by atoms with Gasteiger partial charge in [0, 0.05) is 17.1 Å². The van der Waals surface area contributed by atoms with Gasteiger partial charge in [-0.3, -0.25) is 0 Å². The second-order valence-corrected chi connectivity index (χ2v) is 5.73. The highest BCUT2D eigenvalue weighted by Gasteiger charge is 2.13. The van der Waals surface area contributed by atoms with Crippen molar-refractivity contribution in [1.29, 1.82) is 0 Å². The summed E-state index contributed by atoms with van der Waals surface area (Å²) in [6.07, 6.45) is 0.915. The normalized spacial score (nSPS) is 13.7. The highest BCUT2D eigenvalue weighted by Crippen LogP contribution is 2.24. The number of hydrogen-bond acceptors (Lipinski definition) is 2. The van der Waals surface area contributed by atoms with Gasteiger partial charge in [-0.25, -0.2) is 0 Å². The van der Waals surface area contributed by atoms with E-state index >= 15 is 0 Å². The third-order valence-electron chi connectivity index (χ3n) is 3.62. The molecule has 2 aromatic carbocycles. The van der Waals surface area contributed by atoms with Crippen LogP contribution in [-0.4, -0.2) is 13.2 Å². The van der Waals surface area contributed by atoms with Gasteiger partial charge in [-0.15, -0.1) is 0 Å². The fraction of sp³-hybridized carbons (Fsp3) is 0.333. The monoisotopic (exact) mass is 303 g/mol. The minimum Gasteiger partial charge on any atom is -0.496 e. The van der Waals surface area contributed by atoms with E-state index in [0.29, 0.717) is 6.04 Å². The van der Waals surface area contributed by atoms with E-state index in [2.05, 4.69) is 31.3 Å². The van der Waals surface area contributed by atoms with E-state index in [1.165, 1.54) is 5.56 Å². The van der Waals surface area contributed by atoms with E-state index in [-0.39, 0.29) is 6.04 Å². The van der Waals surface area contributed by atoms with Crippen LogP contribution in [0.25, 0.3) is 0 Å². The molecule has 0 bridgehead atoms. The number of ether oxygens (including phenoxy) is 1. The number of hydrogen-bond donors (Lipinski definition) is 1. The maximum Gasteiger partial charge on any atom is 0.122 e. The van der Waals surface area contributed by atoms with E-state index in [1.807, 2.05) is 36.4 Å². The van der Waals surface area contributed by atoms with Gasteiger partial charge in [0.2, 0.25) is 0 Å². The molecule has 0 saturated carbocycles. The van der Waals surface area contributed by atoms with Gasteiger partial charge in [-0.1, -0.05) is 48.0 Å². The average molecular weight is 304 g/mol. The Labute approximate surface area is 132 Å². The summed E-state index contributed by atoms with van der Waals surface area (Å²) < 4.78 is 5.41. The molecule has 2 aromatic rings. The van der Waals surface area contributed by atoms with Crippen molar-refractivity contribution >= 4 is 11.6 Å². The van der Waals surface area contributed by atoms with Crippen molar-refractivity contribution in [1.82, 2.24) is 5.32 Å². The van der Waals surface area contributed by atoms with Crippen LogP contribution in [0.3, 0.4) is 0 Å². The maximum atomic E-state index is 6.25. The lowest BCUT2D eigenvalue weighted by atomic mass is 10.0. The summed E-state index contributed by atoms with van der Waals surface area (Å²) in [5, 5.41) is 4.40. The molecule has 0 spiro atoms. The fourth-order valence-electron chi connectivity index (χ4n) is 2.60. The van der Waals surface area contributed by atoms with Crippen molar-refractivity contribution < 1.29 is 4.74 Å². The van der Waals surface area contributed by atoms with Crippen LogP contribution in [0.2, 0.25) is 5.02 Å². The molecule has 0 saturated heterocycles. The molecular weight excluding hydrogens is 282 g/mol. The first-order valence-electron chi connectivity index (χ1n) is 7.24. The zero-order chi connectivity index (χ0) is 15.2. The smallest absolute Gasteiger partial charge is 0.122 e. The quantitative estimate of drug-likeness (QED) is 0.840. The Morgan fingerprint density at radius 2 is 1.71 bits per heavy atom. The molecule has 1 unspecified atom stereocenters. The largest absolute Gasteiger partial charge is 0.496 e. The summed E-state index contributed by atoms with van der Waals surface area (Å²) in [7, 11) is 1.71. The number of benzene rings is 2. The molecule has 0 radical (unpaired) electrons. The lowest BCUT2D eigenvalue weighted by Crippen LogP contribution is -2.31. The lowest BCUT2D eigenvalue weighted by Gasteiger charge is -2.22. The van der Waals surface area contributed by atoms with Crippen LogP contribution in [0, 0.1) is 0 Å². The van der Waals surface area contributed by atoms with Gasteiger partial charge in [0.25, 0.3) is 0 Å². The van der Waals surface area contributed by atoms with Crippen LogP contribution in [0.5, 0.6) is 5.75 Å². The summed E-state index contributed by atoms with van der Waals surface area (Å²) in [6.45, 7) is 4.32. The van der Waals surface area contributed by atoms with E-state index in [0.717, 1.165) is 22.8 Å². The van der Waals surface area contributed by atoms with Crippen molar-refractivity contribution in [3.63, 3.8) is 0 Å². The third-order valence-corrected chi connectivity index (χ3v) is 3.97. The molecule has 112 valence electrons. The van der Waals surface area contributed by atoms with Crippen LogP contribution in [-0.2, 0) is 6.42 Å². The van der Waals surface area contributed by atoms with Crippen molar-refractivity contribution in [2.75, 3.05) is 7.11 Å². The standard InChI is InChI=1S/C18H22ClNO/c1-13(12-15-8-4-7-11-18(15)21-3)20-14(2)16-9-5-6-10-17(16)19/h4-11,13-14,20H,12H2,1-3H3/t13?,14-/m0/s1. The van der Waals surface area contributed by atoms with Crippen LogP contribution in [0.4, 0.5) is 0 Å². The van der Waals surface area contributed by atoms with Gasteiger partial charge in [0.05, 0.1) is 7.11 Å². The molecule has 0 heterocycles. The Kier molecular flexibility index (Phi) is 5.66. The molecule has 21 heavy (non-hydrogen) atoms. The van der Waals surface area contributed by atoms with Crippen molar-refractivity contribution in [3.05, 3.63) is 64.7 Å². The van der Waals surface area contributed by atoms with Crippen LogP contribution >= 0.6 is 11.6 Å². The third kappa shape index (κ3) is 4.23. The first kappa shape index (κ1) is 15.9. The highest BCUT2D eigenvalue weighted by molar-refractivity contribution is 6.31. The van der Waals surface area contributed by atoms with Gasteiger partial charge in [-0.2, -0.15) is 0 Å². The Balaban J connectivity index is 2.01. The van der Waals surface area contributed by atoms with Gasteiger partial charge >= 0.3 is 0 Å². The van der Waals surface area contributed by atoms with Crippen LogP contribution < -0.4 is 10.1 Å². The molecular formula is C18H22ClNO. The fourth-order valence-corrected chi connectivity index (χ4v) is 2.90. The van der Waals surface area contributed by atoms with Crippen molar-refractivity contribution in [3.8, 4) is 5.75 Å². The molecule has 0 amide bonds. The summed E-state index contributed by atoms with van der Waals surface area (Å²) in [5.74, 6) is 0.941. The summed E-state index contributed by atoms with van der Waals surface area (Å²) in [4.78, 5) is 0. The Morgan fingerprint density at radius 3 is 2.43 bits per heavy atom. The second-order valence-electron chi connectivity index (χ2n) is 5.33. The summed E-state index contributed by atoms with van der Waals surface area (Å²) >= 11 is 6.25. The Bertz CT molecular complexity index is 585. The molecule has 0 aliphatic heterocycles. The maximum absolute atomic E-state index is 6.25. The predicted molar refractivity (Wildman–Crippen MR) is 89.2 cm³/mol. The summed E-state index contributed by atoms with van der Waals surface area (Å²) in [5.41, 5.74) is 2.34.